The largest absolute Gasteiger partial charge is 0.392 e. The zero-order chi connectivity index (χ0) is 15.7. The highest BCUT2D eigenvalue weighted by molar-refractivity contribution is 14.1. The number of allylic oxidation sites excluding steroid dienone is 2. The predicted molar refractivity (Wildman–Crippen MR) is 105 cm³/mol. The van der Waals surface area contributed by atoms with E-state index in [1.165, 1.54) is 12.6 Å². The first-order valence-corrected chi connectivity index (χ1v) is 10.3. The second-order valence-corrected chi connectivity index (χ2v) is 10.5. The van der Waals surface area contributed by atoms with Crippen LogP contribution in [0.3, 0.4) is 0 Å². The van der Waals surface area contributed by atoms with Crippen LogP contribution in [0.15, 0.2) is 51.4 Å². The van der Waals surface area contributed by atoms with Crippen molar-refractivity contribution in [2.75, 3.05) is 13.2 Å². The number of aliphatic hydroxyl groups is 2. The molecule has 0 aliphatic heterocycles. The van der Waals surface area contributed by atoms with E-state index in [0.717, 1.165) is 14.9 Å². The van der Waals surface area contributed by atoms with Crippen LogP contribution >= 0.6 is 61.2 Å². The second kappa shape index (κ2) is 7.27. The minimum Gasteiger partial charge on any atom is -0.392 e. The van der Waals surface area contributed by atoms with Crippen LogP contribution in [0.25, 0.3) is 0 Å². The van der Waals surface area contributed by atoms with Gasteiger partial charge in [0.25, 0.3) is 0 Å². The molecule has 22 heavy (non-hydrogen) atoms. The molecule has 0 radical (unpaired) electrons. The molecule has 2 atom stereocenters. The summed E-state index contributed by atoms with van der Waals surface area (Å²) in [5.41, 5.74) is 1.85. The summed E-state index contributed by atoms with van der Waals surface area (Å²) in [5.74, 6) is 0.124. The molecule has 1 aliphatic carbocycles. The molecule has 0 saturated carbocycles. The Morgan fingerprint density at radius 1 is 0.909 bits per heavy atom. The Morgan fingerprint density at radius 2 is 1.45 bits per heavy atom. The van der Waals surface area contributed by atoms with E-state index in [9.17, 15) is 10.2 Å². The molecule has 1 aliphatic rings. The van der Waals surface area contributed by atoms with Crippen LogP contribution in [0.4, 0.5) is 0 Å². The van der Waals surface area contributed by atoms with E-state index in [1.54, 1.807) is 22.7 Å². The molecule has 2 N–H and O–H groups in total. The van der Waals surface area contributed by atoms with E-state index in [0.29, 0.717) is 0 Å². The fourth-order valence-electron chi connectivity index (χ4n) is 2.78. The van der Waals surface area contributed by atoms with Crippen molar-refractivity contribution in [1.29, 1.82) is 0 Å². The fraction of sp³-hybridized carbons (Fsp3) is 0.250. The van der Waals surface area contributed by atoms with Gasteiger partial charge in [-0.25, -0.2) is 0 Å². The van der Waals surface area contributed by atoms with Gasteiger partial charge in [-0.15, -0.1) is 22.7 Å². The zero-order valence-electron chi connectivity index (χ0n) is 11.5. The van der Waals surface area contributed by atoms with Gasteiger partial charge in [-0.3, -0.25) is 0 Å². The van der Waals surface area contributed by atoms with Gasteiger partial charge in [0.05, 0.1) is 19.9 Å². The zero-order valence-corrected chi connectivity index (χ0v) is 16.9. The average molecular weight is 509 g/mol. The Balaban J connectivity index is 2.02. The second-order valence-electron chi connectivity index (χ2n) is 4.99. The molecule has 2 aromatic heterocycles. The van der Waals surface area contributed by atoms with Gasteiger partial charge < -0.3 is 10.2 Å². The Kier molecular flexibility index (Phi) is 5.57. The summed E-state index contributed by atoms with van der Waals surface area (Å²) < 4.78 is 2.31. The van der Waals surface area contributed by atoms with Gasteiger partial charge in [0.1, 0.15) is 0 Å². The molecule has 0 spiro atoms. The van der Waals surface area contributed by atoms with Crippen molar-refractivity contribution in [3.63, 3.8) is 0 Å². The van der Waals surface area contributed by atoms with Gasteiger partial charge >= 0.3 is 0 Å². The van der Waals surface area contributed by atoms with E-state index < -0.39 is 0 Å². The highest BCUT2D eigenvalue weighted by atomic mass is 127. The lowest BCUT2D eigenvalue weighted by Crippen LogP contribution is -2.17. The van der Waals surface area contributed by atoms with Crippen molar-refractivity contribution >= 4 is 61.2 Å². The van der Waals surface area contributed by atoms with Crippen LogP contribution in [0, 0.1) is 2.88 Å². The summed E-state index contributed by atoms with van der Waals surface area (Å²) >= 11 is 9.20. The quantitative estimate of drug-likeness (QED) is 0.455. The van der Waals surface area contributed by atoms with Crippen LogP contribution in [0.1, 0.15) is 21.6 Å². The van der Waals surface area contributed by atoms with E-state index >= 15 is 0 Å². The lowest BCUT2D eigenvalue weighted by Gasteiger charge is -2.27. The summed E-state index contributed by atoms with van der Waals surface area (Å²) in [6, 6.07) is 8.29. The Hall–Kier alpha value is 0.01000. The number of aliphatic hydroxyl groups excluding tert-OH is 2. The maximum atomic E-state index is 9.90. The molecule has 0 bridgehead atoms. The average Bonchev–Trinajstić information content (AvgIpc) is 3.14. The van der Waals surface area contributed by atoms with Crippen molar-refractivity contribution < 1.29 is 10.2 Å². The molecule has 3 rings (SSSR count). The maximum Gasteiger partial charge on any atom is 0.0701 e. The highest BCUT2D eigenvalue weighted by Gasteiger charge is 2.28. The van der Waals surface area contributed by atoms with E-state index in [2.05, 4.69) is 68.9 Å². The fourth-order valence-corrected chi connectivity index (χ4v) is 6.10. The number of hydrogen-bond acceptors (Lipinski definition) is 4. The molecule has 0 amide bonds. The first-order valence-electron chi connectivity index (χ1n) is 6.76. The summed E-state index contributed by atoms with van der Waals surface area (Å²) in [5, 5.41) is 19.8. The van der Waals surface area contributed by atoms with E-state index in [4.69, 9.17) is 0 Å². The van der Waals surface area contributed by atoms with Crippen LogP contribution < -0.4 is 0 Å². The van der Waals surface area contributed by atoms with Gasteiger partial charge in [-0.05, 0) is 73.9 Å². The van der Waals surface area contributed by atoms with Crippen molar-refractivity contribution in [3.05, 3.63) is 64.0 Å². The van der Waals surface area contributed by atoms with Crippen LogP contribution in [-0.4, -0.2) is 23.4 Å². The summed E-state index contributed by atoms with van der Waals surface area (Å²) in [4.78, 5) is 2.39. The molecule has 0 aromatic carbocycles. The van der Waals surface area contributed by atoms with Gasteiger partial charge in [0.2, 0.25) is 0 Å². The molecule has 2 aromatic rings. The van der Waals surface area contributed by atoms with Gasteiger partial charge in [0, 0.05) is 21.6 Å². The minimum absolute atomic E-state index is 0.0254. The molecule has 0 unspecified atom stereocenters. The lowest BCUT2D eigenvalue weighted by molar-refractivity contribution is 0.301. The number of rotatable bonds is 4. The van der Waals surface area contributed by atoms with E-state index in [-0.39, 0.29) is 25.0 Å². The predicted octanol–water partition coefficient (Wildman–Crippen LogP) is 4.90. The van der Waals surface area contributed by atoms with Crippen LogP contribution in [0.5, 0.6) is 0 Å². The normalized spacial score (nSPS) is 21.6. The Morgan fingerprint density at radius 3 is 1.86 bits per heavy atom. The van der Waals surface area contributed by atoms with Crippen LogP contribution in [-0.2, 0) is 0 Å². The highest BCUT2D eigenvalue weighted by Crippen LogP contribution is 2.43. The monoisotopic (exact) mass is 508 g/mol. The Bertz CT molecular complexity index is 672. The third-order valence-electron chi connectivity index (χ3n) is 3.80. The first kappa shape index (κ1) is 16.9. The van der Waals surface area contributed by atoms with Crippen molar-refractivity contribution in [3.8, 4) is 0 Å². The molecule has 2 nitrogen and oxygen atoms in total. The first-order chi connectivity index (χ1) is 10.6. The molecule has 2 heterocycles. The van der Waals surface area contributed by atoms with Crippen LogP contribution in [0.2, 0.25) is 0 Å². The van der Waals surface area contributed by atoms with Gasteiger partial charge in [0.15, 0.2) is 0 Å². The number of thiophene rings is 2. The molecule has 0 saturated heterocycles. The standard InChI is InChI=1S/C16H14BrIO2S2/c17-15-5-3-13(21-15)9-1-2-10(12(8-20)11(9)7-19)14-4-6-16(18)22-14/h1-6,9-10,19-20H,7-8H2/t9-,10+/m1/s1. The topological polar surface area (TPSA) is 40.5 Å². The Labute approximate surface area is 159 Å². The molecular weight excluding hydrogens is 495 g/mol. The molecule has 6 heteroatoms. The smallest absolute Gasteiger partial charge is 0.0701 e. The third-order valence-corrected chi connectivity index (χ3v) is 7.48. The van der Waals surface area contributed by atoms with Gasteiger partial charge in [-0.1, -0.05) is 12.2 Å². The molecule has 0 fully saturated rings. The number of hydrogen-bond donors (Lipinski definition) is 2. The van der Waals surface area contributed by atoms with Crippen molar-refractivity contribution in [2.24, 2.45) is 0 Å². The van der Waals surface area contributed by atoms with Gasteiger partial charge in [-0.2, -0.15) is 0 Å². The SMILES string of the molecule is OCC1=C(CO)[C@@H](c2ccc(I)s2)C=C[C@H]1c1ccc(Br)s1. The third kappa shape index (κ3) is 3.27. The van der Waals surface area contributed by atoms with Crippen molar-refractivity contribution in [1.82, 2.24) is 0 Å². The van der Waals surface area contributed by atoms with E-state index in [1.807, 2.05) is 6.07 Å². The van der Waals surface area contributed by atoms with Crippen molar-refractivity contribution in [2.45, 2.75) is 11.8 Å². The minimum atomic E-state index is -0.0284. The summed E-state index contributed by atoms with van der Waals surface area (Å²) in [7, 11) is 0. The maximum absolute atomic E-state index is 9.90. The summed E-state index contributed by atoms with van der Waals surface area (Å²) in [6.45, 7) is -0.0538. The summed E-state index contributed by atoms with van der Waals surface area (Å²) in [6.07, 6.45) is 4.31. The molecule has 116 valence electrons. The lowest BCUT2D eigenvalue weighted by atomic mass is 9.81. The number of halogens is 2. The molecular formula is C16H14BrIO2S2.